The molecule has 0 aromatic heterocycles. The maximum atomic E-state index is 12.2. The molecule has 0 radical (unpaired) electrons. The van der Waals surface area contributed by atoms with Crippen molar-refractivity contribution in [2.45, 2.75) is 25.9 Å². The van der Waals surface area contributed by atoms with E-state index in [4.69, 9.17) is 4.74 Å². The summed E-state index contributed by atoms with van der Waals surface area (Å²) in [5.74, 6) is -2.34. The van der Waals surface area contributed by atoms with Crippen molar-refractivity contribution in [3.8, 4) is 0 Å². The zero-order chi connectivity index (χ0) is 15.6. The third-order valence-electron chi connectivity index (χ3n) is 3.21. The standard InChI is InChI=1S/C16H17NO4/c1-10(2)21-16(20)14(18)9-8-12-11-6-4-5-7-13(11)17(3)15(12)19/h4-10,12H,1-3H3/b9-8+. The lowest BCUT2D eigenvalue weighted by molar-refractivity contribution is -0.154. The molecule has 5 heteroatoms. The van der Waals surface area contributed by atoms with Crippen LogP contribution in [0.5, 0.6) is 0 Å². The summed E-state index contributed by atoms with van der Waals surface area (Å²) in [7, 11) is 1.68. The average Bonchev–Trinajstić information content (AvgIpc) is 2.68. The van der Waals surface area contributed by atoms with E-state index in [0.717, 1.165) is 17.3 Å². The van der Waals surface area contributed by atoms with Crippen molar-refractivity contribution in [1.82, 2.24) is 0 Å². The number of ether oxygens (including phenoxy) is 1. The molecule has 1 aliphatic rings. The molecular weight excluding hydrogens is 270 g/mol. The molecule has 1 amide bonds. The predicted octanol–water partition coefficient (Wildman–Crippen LogP) is 1.82. The zero-order valence-corrected chi connectivity index (χ0v) is 12.2. The minimum absolute atomic E-state index is 0.127. The summed E-state index contributed by atoms with van der Waals surface area (Å²) < 4.78 is 4.81. The van der Waals surface area contributed by atoms with Crippen molar-refractivity contribution in [1.29, 1.82) is 0 Å². The first-order chi connectivity index (χ1) is 9.91. The number of nitrogens with zero attached hydrogens (tertiary/aromatic N) is 1. The van der Waals surface area contributed by atoms with E-state index in [-0.39, 0.29) is 12.0 Å². The number of carbonyl (C=O) groups excluding carboxylic acids is 3. The highest BCUT2D eigenvalue weighted by molar-refractivity contribution is 6.38. The van der Waals surface area contributed by atoms with Gasteiger partial charge in [-0.05, 0) is 31.6 Å². The zero-order valence-electron chi connectivity index (χ0n) is 12.2. The van der Waals surface area contributed by atoms with Crippen molar-refractivity contribution in [2.75, 3.05) is 11.9 Å². The molecule has 2 rings (SSSR count). The molecule has 0 saturated heterocycles. The molecule has 0 aliphatic carbocycles. The molecule has 0 fully saturated rings. The van der Waals surface area contributed by atoms with Crippen LogP contribution in [-0.4, -0.2) is 30.8 Å². The van der Waals surface area contributed by atoms with E-state index in [0.29, 0.717) is 0 Å². The van der Waals surface area contributed by atoms with E-state index >= 15 is 0 Å². The molecule has 1 heterocycles. The van der Waals surface area contributed by atoms with Crippen molar-refractivity contribution >= 4 is 23.3 Å². The molecular formula is C16H17NO4. The van der Waals surface area contributed by atoms with E-state index in [1.54, 1.807) is 25.8 Å². The van der Waals surface area contributed by atoms with Crippen LogP contribution in [0.4, 0.5) is 5.69 Å². The van der Waals surface area contributed by atoms with Crippen LogP contribution in [0.15, 0.2) is 36.4 Å². The number of carbonyl (C=O) groups is 3. The van der Waals surface area contributed by atoms with Gasteiger partial charge in [0.25, 0.3) is 5.78 Å². The van der Waals surface area contributed by atoms with E-state index in [9.17, 15) is 14.4 Å². The lowest BCUT2D eigenvalue weighted by Gasteiger charge is -2.09. The van der Waals surface area contributed by atoms with Gasteiger partial charge in [-0.25, -0.2) is 4.79 Å². The Bertz CT molecular complexity index is 618. The molecule has 0 spiro atoms. The normalized spacial score (nSPS) is 17.4. The molecule has 1 aromatic rings. The lowest BCUT2D eigenvalue weighted by Crippen LogP contribution is -2.23. The third kappa shape index (κ3) is 3.02. The number of likely N-dealkylation sites (N-methyl/N-ethyl adjacent to an activating group) is 1. The highest BCUT2D eigenvalue weighted by Crippen LogP contribution is 2.36. The van der Waals surface area contributed by atoms with Gasteiger partial charge in [-0.1, -0.05) is 24.3 Å². The van der Waals surface area contributed by atoms with Gasteiger partial charge in [-0.2, -0.15) is 0 Å². The number of para-hydroxylation sites is 1. The Balaban J connectivity index is 2.17. The van der Waals surface area contributed by atoms with Gasteiger partial charge in [-0.3, -0.25) is 9.59 Å². The van der Waals surface area contributed by atoms with Crippen molar-refractivity contribution < 1.29 is 19.1 Å². The Morgan fingerprint density at radius 2 is 1.95 bits per heavy atom. The van der Waals surface area contributed by atoms with E-state index in [1.165, 1.54) is 6.08 Å². The van der Waals surface area contributed by atoms with Crippen molar-refractivity contribution in [3.05, 3.63) is 42.0 Å². The molecule has 1 aliphatic heterocycles. The second-order valence-corrected chi connectivity index (χ2v) is 5.11. The van der Waals surface area contributed by atoms with Gasteiger partial charge in [0.1, 0.15) is 0 Å². The van der Waals surface area contributed by atoms with Crippen molar-refractivity contribution in [3.63, 3.8) is 0 Å². The minimum atomic E-state index is -0.909. The molecule has 1 atom stereocenters. The van der Waals surface area contributed by atoms with Crippen LogP contribution < -0.4 is 4.90 Å². The number of fused-ring (bicyclic) bond motifs is 1. The first-order valence-electron chi connectivity index (χ1n) is 6.71. The first-order valence-corrected chi connectivity index (χ1v) is 6.71. The molecule has 1 aromatic carbocycles. The van der Waals surface area contributed by atoms with Gasteiger partial charge in [-0.15, -0.1) is 0 Å². The highest BCUT2D eigenvalue weighted by atomic mass is 16.5. The summed E-state index contributed by atoms with van der Waals surface area (Å²) in [5, 5.41) is 0. The largest absolute Gasteiger partial charge is 0.457 e. The maximum Gasteiger partial charge on any atom is 0.379 e. The molecule has 1 unspecified atom stereocenters. The predicted molar refractivity (Wildman–Crippen MR) is 78.0 cm³/mol. The van der Waals surface area contributed by atoms with Gasteiger partial charge in [0.15, 0.2) is 0 Å². The average molecular weight is 287 g/mol. The monoisotopic (exact) mass is 287 g/mol. The van der Waals surface area contributed by atoms with Crippen LogP contribution in [0.3, 0.4) is 0 Å². The fourth-order valence-corrected chi connectivity index (χ4v) is 2.23. The van der Waals surface area contributed by atoms with Crippen LogP contribution in [0.1, 0.15) is 25.3 Å². The quantitative estimate of drug-likeness (QED) is 0.481. The number of ketones is 1. The van der Waals surface area contributed by atoms with E-state index < -0.39 is 17.7 Å². The van der Waals surface area contributed by atoms with Gasteiger partial charge in [0.2, 0.25) is 5.91 Å². The minimum Gasteiger partial charge on any atom is -0.457 e. The van der Waals surface area contributed by atoms with Crippen LogP contribution in [0.25, 0.3) is 0 Å². The van der Waals surface area contributed by atoms with E-state index in [1.807, 2.05) is 24.3 Å². The second-order valence-electron chi connectivity index (χ2n) is 5.11. The van der Waals surface area contributed by atoms with Crippen LogP contribution in [0.2, 0.25) is 0 Å². The Hall–Kier alpha value is -2.43. The molecule has 5 nitrogen and oxygen atoms in total. The number of anilines is 1. The Morgan fingerprint density at radius 1 is 1.29 bits per heavy atom. The maximum absolute atomic E-state index is 12.2. The number of amides is 1. The van der Waals surface area contributed by atoms with Crippen molar-refractivity contribution in [2.24, 2.45) is 0 Å². The van der Waals surface area contributed by atoms with Gasteiger partial charge in [0, 0.05) is 12.7 Å². The van der Waals surface area contributed by atoms with Gasteiger partial charge >= 0.3 is 5.97 Å². The smallest absolute Gasteiger partial charge is 0.379 e. The fraction of sp³-hybridized carbons (Fsp3) is 0.312. The van der Waals surface area contributed by atoms with Gasteiger partial charge in [0.05, 0.1) is 12.0 Å². The molecule has 0 N–H and O–H groups in total. The molecule has 0 bridgehead atoms. The number of rotatable bonds is 4. The summed E-state index contributed by atoms with van der Waals surface area (Å²) in [6, 6.07) is 7.36. The Kier molecular flexibility index (Phi) is 4.21. The SMILES string of the molecule is CC(C)OC(=O)C(=O)/C=C/C1C(=O)N(C)c2ccccc21. The van der Waals surface area contributed by atoms with E-state index in [2.05, 4.69) is 0 Å². The van der Waals surface area contributed by atoms with Gasteiger partial charge < -0.3 is 9.64 Å². The van der Waals surface area contributed by atoms with Crippen LogP contribution >= 0.6 is 0 Å². The van der Waals surface area contributed by atoms with Crippen LogP contribution in [-0.2, 0) is 19.1 Å². The Labute approximate surface area is 123 Å². The molecule has 0 saturated carbocycles. The fourth-order valence-electron chi connectivity index (χ4n) is 2.23. The molecule has 110 valence electrons. The summed E-state index contributed by atoms with van der Waals surface area (Å²) >= 11 is 0. The number of esters is 1. The van der Waals surface area contributed by atoms with Crippen LogP contribution in [0, 0.1) is 0 Å². The highest BCUT2D eigenvalue weighted by Gasteiger charge is 2.33. The summed E-state index contributed by atoms with van der Waals surface area (Å²) in [6.45, 7) is 3.33. The number of benzene rings is 1. The lowest BCUT2D eigenvalue weighted by atomic mass is 10.00. The summed E-state index contributed by atoms with van der Waals surface area (Å²) in [5.41, 5.74) is 1.64. The third-order valence-corrected chi connectivity index (χ3v) is 3.21. The number of hydrogen-bond acceptors (Lipinski definition) is 4. The topological polar surface area (TPSA) is 63.7 Å². The summed E-state index contributed by atoms with van der Waals surface area (Å²) in [6.07, 6.45) is 2.22. The number of hydrogen-bond donors (Lipinski definition) is 0. The second kappa shape index (κ2) is 5.91. The molecule has 21 heavy (non-hydrogen) atoms. The first kappa shape index (κ1) is 15.0. The Morgan fingerprint density at radius 3 is 2.62 bits per heavy atom. The summed E-state index contributed by atoms with van der Waals surface area (Å²) in [4.78, 5) is 36.8.